The second kappa shape index (κ2) is 8.48. The van der Waals surface area contributed by atoms with E-state index in [1.54, 1.807) is 0 Å². The van der Waals surface area contributed by atoms with E-state index in [0.29, 0.717) is 10.1 Å². The highest BCUT2D eigenvalue weighted by Gasteiger charge is 2.15. The van der Waals surface area contributed by atoms with Crippen LogP contribution in [0.2, 0.25) is 5.02 Å². The molecule has 0 fully saturated rings. The molecule has 0 saturated carbocycles. The van der Waals surface area contributed by atoms with Crippen molar-refractivity contribution in [1.82, 2.24) is 5.32 Å². The summed E-state index contributed by atoms with van der Waals surface area (Å²) >= 11 is 15.0. The summed E-state index contributed by atoms with van der Waals surface area (Å²) in [5, 5.41) is 7.77. The van der Waals surface area contributed by atoms with Crippen LogP contribution in [-0.4, -0.2) is 5.11 Å². The SMILES string of the molecule is S=C(Nc1ccc(Br)c(Cl)c1)NC(c1ccccc1)c1ccccc1. The first-order valence-corrected chi connectivity index (χ1v) is 9.34. The Morgan fingerprint density at radius 3 is 1.96 bits per heavy atom. The van der Waals surface area contributed by atoms with Crippen LogP contribution < -0.4 is 10.6 Å². The van der Waals surface area contributed by atoms with Gasteiger partial charge in [-0.2, -0.15) is 0 Å². The predicted octanol–water partition coefficient (Wildman–Crippen LogP) is 6.18. The lowest BCUT2D eigenvalue weighted by Gasteiger charge is -2.22. The summed E-state index contributed by atoms with van der Waals surface area (Å²) in [7, 11) is 0. The molecule has 3 aromatic carbocycles. The molecule has 0 aromatic heterocycles. The Morgan fingerprint density at radius 2 is 1.44 bits per heavy atom. The van der Waals surface area contributed by atoms with Crippen molar-refractivity contribution in [2.24, 2.45) is 0 Å². The minimum atomic E-state index is -0.0340. The Bertz CT molecular complexity index is 817. The van der Waals surface area contributed by atoms with E-state index in [9.17, 15) is 0 Å². The smallest absolute Gasteiger partial charge is 0.171 e. The van der Waals surface area contributed by atoms with Gasteiger partial charge >= 0.3 is 0 Å². The van der Waals surface area contributed by atoms with Crippen LogP contribution >= 0.6 is 39.7 Å². The highest BCUT2D eigenvalue weighted by Crippen LogP contribution is 2.26. The number of hydrogen-bond acceptors (Lipinski definition) is 1. The molecule has 0 aliphatic heterocycles. The van der Waals surface area contributed by atoms with Crippen LogP contribution in [0.15, 0.2) is 83.3 Å². The van der Waals surface area contributed by atoms with E-state index < -0.39 is 0 Å². The van der Waals surface area contributed by atoms with Gasteiger partial charge in [0.2, 0.25) is 0 Å². The summed E-state index contributed by atoms with van der Waals surface area (Å²) < 4.78 is 0.852. The zero-order valence-electron chi connectivity index (χ0n) is 13.2. The molecule has 0 radical (unpaired) electrons. The van der Waals surface area contributed by atoms with Gasteiger partial charge in [-0.3, -0.25) is 0 Å². The van der Waals surface area contributed by atoms with Crippen LogP contribution in [0.5, 0.6) is 0 Å². The van der Waals surface area contributed by atoms with Crippen LogP contribution in [0.3, 0.4) is 0 Å². The van der Waals surface area contributed by atoms with Gasteiger partial charge < -0.3 is 10.6 Å². The molecule has 2 N–H and O–H groups in total. The van der Waals surface area contributed by atoms with Crippen molar-refractivity contribution in [3.63, 3.8) is 0 Å². The molecule has 2 nitrogen and oxygen atoms in total. The third-order valence-electron chi connectivity index (χ3n) is 3.72. The van der Waals surface area contributed by atoms with Crippen molar-refractivity contribution in [3.05, 3.63) is 99.5 Å². The molecule has 0 atom stereocenters. The van der Waals surface area contributed by atoms with E-state index in [1.165, 1.54) is 0 Å². The van der Waals surface area contributed by atoms with Crippen LogP contribution in [0.1, 0.15) is 17.2 Å². The van der Waals surface area contributed by atoms with Crippen molar-refractivity contribution >= 4 is 50.5 Å². The highest BCUT2D eigenvalue weighted by atomic mass is 79.9. The van der Waals surface area contributed by atoms with Crippen LogP contribution in [0, 0.1) is 0 Å². The molecule has 126 valence electrons. The molecule has 0 aliphatic carbocycles. The van der Waals surface area contributed by atoms with E-state index in [4.69, 9.17) is 23.8 Å². The van der Waals surface area contributed by atoms with E-state index in [-0.39, 0.29) is 6.04 Å². The Balaban J connectivity index is 1.80. The Morgan fingerprint density at radius 1 is 0.880 bits per heavy atom. The number of thiocarbonyl (C=S) groups is 1. The van der Waals surface area contributed by atoms with E-state index in [2.05, 4.69) is 50.8 Å². The van der Waals surface area contributed by atoms with Crippen molar-refractivity contribution < 1.29 is 0 Å². The molecule has 0 saturated heterocycles. The molecule has 3 rings (SSSR count). The minimum Gasteiger partial charge on any atom is -0.352 e. The lowest BCUT2D eigenvalue weighted by atomic mass is 9.99. The average Bonchev–Trinajstić information content (AvgIpc) is 2.64. The molecule has 0 bridgehead atoms. The second-order valence-electron chi connectivity index (χ2n) is 5.48. The predicted molar refractivity (Wildman–Crippen MR) is 113 cm³/mol. The molecular weight excluding hydrogens is 416 g/mol. The molecule has 5 heteroatoms. The van der Waals surface area contributed by atoms with Crippen molar-refractivity contribution in [3.8, 4) is 0 Å². The van der Waals surface area contributed by atoms with Gasteiger partial charge in [0.1, 0.15) is 0 Å². The normalized spacial score (nSPS) is 10.5. The van der Waals surface area contributed by atoms with E-state index in [0.717, 1.165) is 21.3 Å². The topological polar surface area (TPSA) is 24.1 Å². The number of anilines is 1. The van der Waals surface area contributed by atoms with E-state index in [1.807, 2.05) is 54.6 Å². The number of hydrogen-bond donors (Lipinski definition) is 2. The van der Waals surface area contributed by atoms with Crippen LogP contribution in [0.25, 0.3) is 0 Å². The van der Waals surface area contributed by atoms with Crippen molar-refractivity contribution in [1.29, 1.82) is 0 Å². The maximum absolute atomic E-state index is 6.14. The molecule has 0 spiro atoms. The fourth-order valence-corrected chi connectivity index (χ4v) is 3.19. The highest BCUT2D eigenvalue weighted by molar-refractivity contribution is 9.10. The van der Waals surface area contributed by atoms with Gasteiger partial charge in [0.25, 0.3) is 0 Å². The number of nitrogens with one attached hydrogen (secondary N) is 2. The second-order valence-corrected chi connectivity index (χ2v) is 7.15. The fourth-order valence-electron chi connectivity index (χ4n) is 2.52. The standard InChI is InChI=1S/C20H16BrClN2S/c21-17-12-11-16(13-18(17)22)23-20(25)24-19(14-7-3-1-4-8-14)15-9-5-2-6-10-15/h1-13,19H,(H2,23,24,25). The number of benzene rings is 3. The first-order valence-electron chi connectivity index (χ1n) is 7.76. The van der Waals surface area contributed by atoms with Gasteiger partial charge in [0, 0.05) is 10.2 Å². The third-order valence-corrected chi connectivity index (χ3v) is 5.17. The van der Waals surface area contributed by atoms with Crippen LogP contribution in [-0.2, 0) is 0 Å². The Hall–Kier alpha value is -1.88. The van der Waals surface area contributed by atoms with E-state index >= 15 is 0 Å². The fraction of sp³-hybridized carbons (Fsp3) is 0.0500. The monoisotopic (exact) mass is 430 g/mol. The largest absolute Gasteiger partial charge is 0.352 e. The maximum Gasteiger partial charge on any atom is 0.171 e. The zero-order valence-corrected chi connectivity index (χ0v) is 16.4. The summed E-state index contributed by atoms with van der Waals surface area (Å²) in [6.45, 7) is 0. The van der Waals surface area contributed by atoms with Crippen LogP contribution in [0.4, 0.5) is 5.69 Å². The minimum absolute atomic E-state index is 0.0340. The number of rotatable bonds is 4. The quantitative estimate of drug-likeness (QED) is 0.482. The molecule has 0 unspecified atom stereocenters. The first-order chi connectivity index (χ1) is 12.1. The third kappa shape index (κ3) is 4.82. The Labute approximate surface area is 166 Å². The van der Waals surface area contributed by atoms with Gasteiger partial charge in [-0.25, -0.2) is 0 Å². The molecule has 0 aliphatic rings. The van der Waals surface area contributed by atoms with Crippen molar-refractivity contribution in [2.45, 2.75) is 6.04 Å². The molecule has 0 amide bonds. The van der Waals surface area contributed by atoms with Gasteiger partial charge in [-0.1, -0.05) is 72.3 Å². The summed E-state index contributed by atoms with van der Waals surface area (Å²) in [5.74, 6) is 0. The van der Waals surface area contributed by atoms with Gasteiger partial charge in [-0.05, 0) is 57.5 Å². The maximum atomic E-state index is 6.14. The summed E-state index contributed by atoms with van der Waals surface area (Å²) in [6.07, 6.45) is 0. The van der Waals surface area contributed by atoms with Gasteiger partial charge in [0.05, 0.1) is 11.1 Å². The molecular formula is C20H16BrClN2S. The summed E-state index contributed by atoms with van der Waals surface area (Å²) in [4.78, 5) is 0. The zero-order chi connectivity index (χ0) is 17.6. The average molecular weight is 432 g/mol. The first kappa shape index (κ1) is 17.9. The van der Waals surface area contributed by atoms with Gasteiger partial charge in [-0.15, -0.1) is 0 Å². The number of halogens is 2. The lowest BCUT2D eigenvalue weighted by molar-refractivity contribution is 0.769. The Kier molecular flexibility index (Phi) is 6.08. The molecule has 0 heterocycles. The van der Waals surface area contributed by atoms with Gasteiger partial charge in [0.15, 0.2) is 5.11 Å². The molecule has 25 heavy (non-hydrogen) atoms. The summed E-state index contributed by atoms with van der Waals surface area (Å²) in [6, 6.07) is 26.1. The van der Waals surface area contributed by atoms with Crippen molar-refractivity contribution in [2.75, 3.05) is 5.32 Å². The summed E-state index contributed by atoms with van der Waals surface area (Å²) in [5.41, 5.74) is 3.13. The molecule has 3 aromatic rings. The lowest BCUT2D eigenvalue weighted by Crippen LogP contribution is -2.33.